The molecule has 1 unspecified atom stereocenters. The third-order valence-electron chi connectivity index (χ3n) is 3.81. The molecule has 0 aromatic rings. The highest BCUT2D eigenvalue weighted by atomic mass is 32.2. The van der Waals surface area contributed by atoms with Crippen molar-refractivity contribution in [2.45, 2.75) is 46.1 Å². The molecule has 0 radical (unpaired) electrons. The van der Waals surface area contributed by atoms with Gasteiger partial charge in [0.1, 0.15) is 0 Å². The van der Waals surface area contributed by atoms with Gasteiger partial charge in [-0.25, -0.2) is 8.42 Å². The first-order valence-corrected chi connectivity index (χ1v) is 8.88. The van der Waals surface area contributed by atoms with Gasteiger partial charge in [-0.2, -0.15) is 9.57 Å². The molecule has 0 saturated carbocycles. The second kappa shape index (κ2) is 6.88. The number of hydrogen-bond acceptors (Lipinski definition) is 4. The monoisotopic (exact) mass is 301 g/mol. The second-order valence-electron chi connectivity index (χ2n) is 6.54. The maximum absolute atomic E-state index is 12.7. The quantitative estimate of drug-likeness (QED) is 0.775. The van der Waals surface area contributed by atoms with Crippen LogP contribution in [0.5, 0.6) is 0 Å². The minimum atomic E-state index is -3.32. The van der Waals surface area contributed by atoms with Crippen molar-refractivity contribution in [2.75, 3.05) is 32.4 Å². The normalized spacial score (nSPS) is 23.2. The lowest BCUT2D eigenvalue weighted by Gasteiger charge is -2.32. The highest BCUT2D eigenvalue weighted by Gasteiger charge is 2.35. The first-order chi connectivity index (χ1) is 9.22. The molecule has 0 spiro atoms. The molecule has 20 heavy (non-hydrogen) atoms. The van der Waals surface area contributed by atoms with Gasteiger partial charge in [0.2, 0.25) is 10.0 Å². The molecule has 1 heterocycles. The third-order valence-corrected chi connectivity index (χ3v) is 6.15. The van der Waals surface area contributed by atoms with Crippen molar-refractivity contribution in [3.8, 4) is 6.07 Å². The van der Waals surface area contributed by atoms with E-state index in [0.29, 0.717) is 6.54 Å². The third kappa shape index (κ3) is 4.72. The van der Waals surface area contributed by atoms with Crippen molar-refractivity contribution in [1.29, 1.82) is 5.26 Å². The molecular weight excluding hydrogens is 274 g/mol. The van der Waals surface area contributed by atoms with Crippen molar-refractivity contribution in [2.24, 2.45) is 5.41 Å². The standard InChI is InChI=1S/C14H27N3O2S/c1-5-13-11-16(4)9-6-10-17(13)20(18,19)12-14(2,3)7-8-15/h13H,5-7,9-12H2,1-4H3. The first kappa shape index (κ1) is 17.4. The second-order valence-corrected chi connectivity index (χ2v) is 8.47. The molecule has 0 aromatic heterocycles. The maximum Gasteiger partial charge on any atom is 0.214 e. The summed E-state index contributed by atoms with van der Waals surface area (Å²) in [5.74, 6) is 0.0494. The van der Waals surface area contributed by atoms with E-state index in [9.17, 15) is 8.42 Å². The summed E-state index contributed by atoms with van der Waals surface area (Å²) in [4.78, 5) is 2.20. The molecule has 116 valence electrons. The summed E-state index contributed by atoms with van der Waals surface area (Å²) in [6.07, 6.45) is 1.95. The summed E-state index contributed by atoms with van der Waals surface area (Å²) in [7, 11) is -1.28. The van der Waals surface area contributed by atoms with Crippen molar-refractivity contribution in [1.82, 2.24) is 9.21 Å². The van der Waals surface area contributed by atoms with Gasteiger partial charge < -0.3 is 4.90 Å². The summed E-state index contributed by atoms with van der Waals surface area (Å²) in [6.45, 7) is 8.04. The number of hydrogen-bond donors (Lipinski definition) is 0. The van der Waals surface area contributed by atoms with Crippen LogP contribution in [0.3, 0.4) is 0 Å². The molecule has 1 rings (SSSR count). The van der Waals surface area contributed by atoms with Gasteiger partial charge in [-0.3, -0.25) is 0 Å². The van der Waals surface area contributed by atoms with Gasteiger partial charge in [0, 0.05) is 25.6 Å². The lowest BCUT2D eigenvalue weighted by Crippen LogP contribution is -2.46. The van der Waals surface area contributed by atoms with E-state index in [1.54, 1.807) is 4.31 Å². The molecule has 1 aliphatic heterocycles. The molecule has 0 aromatic carbocycles. The fourth-order valence-electron chi connectivity index (χ4n) is 2.76. The molecule has 0 bridgehead atoms. The zero-order valence-electron chi connectivity index (χ0n) is 13.1. The van der Waals surface area contributed by atoms with Gasteiger partial charge in [0.15, 0.2) is 0 Å². The molecule has 0 aliphatic carbocycles. The highest BCUT2D eigenvalue weighted by Crippen LogP contribution is 2.26. The zero-order chi connectivity index (χ0) is 15.4. The Morgan fingerprint density at radius 1 is 1.35 bits per heavy atom. The fourth-order valence-corrected chi connectivity index (χ4v) is 5.09. The van der Waals surface area contributed by atoms with E-state index in [0.717, 1.165) is 25.9 Å². The van der Waals surface area contributed by atoms with Crippen LogP contribution >= 0.6 is 0 Å². The van der Waals surface area contributed by atoms with E-state index in [1.807, 2.05) is 27.8 Å². The van der Waals surface area contributed by atoms with E-state index in [2.05, 4.69) is 11.0 Å². The molecule has 1 atom stereocenters. The smallest absolute Gasteiger partial charge is 0.214 e. The highest BCUT2D eigenvalue weighted by molar-refractivity contribution is 7.89. The van der Waals surface area contributed by atoms with Gasteiger partial charge in [-0.15, -0.1) is 0 Å². The van der Waals surface area contributed by atoms with Crippen LogP contribution < -0.4 is 0 Å². The van der Waals surface area contributed by atoms with Crippen LogP contribution in [0.4, 0.5) is 0 Å². The van der Waals surface area contributed by atoms with E-state index in [4.69, 9.17) is 5.26 Å². The molecule has 1 saturated heterocycles. The van der Waals surface area contributed by atoms with Crippen molar-refractivity contribution >= 4 is 10.0 Å². The van der Waals surface area contributed by atoms with Gasteiger partial charge in [-0.05, 0) is 31.8 Å². The molecule has 1 fully saturated rings. The van der Waals surface area contributed by atoms with E-state index < -0.39 is 15.4 Å². The Kier molecular flexibility index (Phi) is 5.99. The maximum atomic E-state index is 12.7. The number of likely N-dealkylation sites (N-methyl/N-ethyl adjacent to an activating group) is 1. The predicted molar refractivity (Wildman–Crippen MR) is 80.7 cm³/mol. The van der Waals surface area contributed by atoms with Crippen LogP contribution in [-0.2, 0) is 10.0 Å². The minimum absolute atomic E-state index is 0.0467. The average Bonchev–Trinajstić information content (AvgIpc) is 2.49. The lowest BCUT2D eigenvalue weighted by atomic mass is 9.93. The van der Waals surface area contributed by atoms with Crippen LogP contribution in [0, 0.1) is 16.7 Å². The molecule has 1 aliphatic rings. The minimum Gasteiger partial charge on any atom is -0.305 e. The largest absolute Gasteiger partial charge is 0.305 e. The zero-order valence-corrected chi connectivity index (χ0v) is 13.9. The summed E-state index contributed by atoms with van der Waals surface area (Å²) in [6, 6.07) is 2.13. The van der Waals surface area contributed by atoms with Gasteiger partial charge >= 0.3 is 0 Å². The summed E-state index contributed by atoms with van der Waals surface area (Å²) < 4.78 is 27.1. The Morgan fingerprint density at radius 3 is 2.55 bits per heavy atom. The first-order valence-electron chi connectivity index (χ1n) is 7.27. The van der Waals surface area contributed by atoms with Crippen molar-refractivity contribution < 1.29 is 8.42 Å². The van der Waals surface area contributed by atoms with Gasteiger partial charge in [0.25, 0.3) is 0 Å². The number of nitriles is 1. The van der Waals surface area contributed by atoms with Crippen LogP contribution in [0.2, 0.25) is 0 Å². The Labute approximate surface area is 123 Å². The summed E-state index contributed by atoms with van der Waals surface area (Å²) in [5, 5.41) is 8.82. The summed E-state index contributed by atoms with van der Waals surface area (Å²) >= 11 is 0. The predicted octanol–water partition coefficient (Wildman–Crippen LogP) is 1.67. The van der Waals surface area contributed by atoms with Crippen molar-refractivity contribution in [3.05, 3.63) is 0 Å². The topological polar surface area (TPSA) is 64.4 Å². The number of nitrogens with zero attached hydrogens (tertiary/aromatic N) is 3. The molecule has 6 heteroatoms. The molecule has 5 nitrogen and oxygen atoms in total. The molecule has 0 amide bonds. The van der Waals surface area contributed by atoms with Crippen LogP contribution in [0.15, 0.2) is 0 Å². The van der Waals surface area contributed by atoms with Gasteiger partial charge in [0.05, 0.1) is 11.8 Å². The lowest BCUT2D eigenvalue weighted by molar-refractivity contribution is 0.267. The Hall–Kier alpha value is -0.640. The van der Waals surface area contributed by atoms with Crippen LogP contribution in [0.25, 0.3) is 0 Å². The Morgan fingerprint density at radius 2 is 2.00 bits per heavy atom. The number of rotatable bonds is 5. The van der Waals surface area contributed by atoms with E-state index >= 15 is 0 Å². The molecule has 0 N–H and O–H groups in total. The SMILES string of the molecule is CCC1CN(C)CCCN1S(=O)(=O)CC(C)(C)CC#N. The Balaban J connectivity index is 2.91. The summed E-state index contributed by atoms with van der Waals surface area (Å²) in [5.41, 5.74) is -0.496. The van der Waals surface area contributed by atoms with Crippen molar-refractivity contribution in [3.63, 3.8) is 0 Å². The number of sulfonamides is 1. The fraction of sp³-hybridized carbons (Fsp3) is 0.929. The average molecular weight is 301 g/mol. The van der Waals surface area contributed by atoms with Gasteiger partial charge in [-0.1, -0.05) is 20.8 Å². The Bertz CT molecular complexity index is 454. The van der Waals surface area contributed by atoms with Crippen LogP contribution in [0.1, 0.15) is 40.0 Å². The van der Waals surface area contributed by atoms with E-state index in [-0.39, 0.29) is 18.2 Å². The van der Waals surface area contributed by atoms with Crippen LogP contribution in [-0.4, -0.2) is 56.1 Å². The van der Waals surface area contributed by atoms with E-state index in [1.165, 1.54) is 0 Å². The molecular formula is C14H27N3O2S.